The molecule has 4 amide bonds. The summed E-state index contributed by atoms with van der Waals surface area (Å²) in [6.45, 7) is 7.13. The Balaban J connectivity index is 1.45. The highest BCUT2D eigenvalue weighted by atomic mass is 19.4. The number of hydrogen-bond donors (Lipinski definition) is 4. The number of rotatable bonds is 11. The van der Waals surface area contributed by atoms with Gasteiger partial charge >= 0.3 is 12.3 Å². The number of hydrogen-bond acceptors (Lipinski definition) is 9. The van der Waals surface area contributed by atoms with Gasteiger partial charge in [0, 0.05) is 24.4 Å². The van der Waals surface area contributed by atoms with Crippen LogP contribution in [0.5, 0.6) is 0 Å². The molecule has 1 spiro atoms. The standard InChI is InChI=1S/C34H43F4N5O8/c1-5-6-23(26(44)29(46)39-21-7-8-21)40-28(45)25-15-33(14-24(42-51-33)18-11-19(34(36,37)38)13-20(35)12-18)17-43(25)30(47)27(32(2,3)4)41-31(48)50-22-9-10-49-16-22/h11-14,21-23,25,27,42H,5-10,15-17H2,1-4H3,(H,39,46)(H,40,45)(H,41,48)/t22-,23-,25-,27+,33-/m0/s1. The summed E-state index contributed by atoms with van der Waals surface area (Å²) >= 11 is 0. The summed E-state index contributed by atoms with van der Waals surface area (Å²) in [6, 6.07) is -1.92. The Bertz CT molecular complexity index is 1570. The quantitative estimate of drug-likeness (QED) is 0.198. The summed E-state index contributed by atoms with van der Waals surface area (Å²) in [5, 5.41) is 7.86. The predicted molar refractivity (Wildman–Crippen MR) is 172 cm³/mol. The largest absolute Gasteiger partial charge is 0.444 e. The van der Waals surface area contributed by atoms with Crippen LogP contribution in [0.1, 0.15) is 77.3 Å². The van der Waals surface area contributed by atoms with Crippen LogP contribution < -0.4 is 21.4 Å². The van der Waals surface area contributed by atoms with E-state index in [-0.39, 0.29) is 43.3 Å². The number of Topliss-reactive ketones (excluding diaryl/α,β-unsaturated/α-hetero) is 1. The number of nitrogens with zero attached hydrogens (tertiary/aromatic N) is 1. The van der Waals surface area contributed by atoms with Gasteiger partial charge in [-0.2, -0.15) is 13.2 Å². The molecule has 3 heterocycles. The zero-order chi connectivity index (χ0) is 37.3. The fraction of sp³-hybridized carbons (Fsp3) is 0.618. The molecule has 13 nitrogen and oxygen atoms in total. The number of nitrogens with one attached hydrogen (secondary N) is 4. The SMILES string of the molecule is CCC[C@H](NC(=O)[C@@H]1C[C@@]2(C=C(c3cc(F)cc(C(F)(F)F)c3)NO2)CN1C(=O)[C@@H](NC(=O)O[C@H]1CCOC1)C(C)(C)C)C(=O)C(=O)NC1CC1. The van der Waals surface area contributed by atoms with E-state index in [2.05, 4.69) is 21.4 Å². The van der Waals surface area contributed by atoms with E-state index >= 15 is 0 Å². The number of ether oxygens (including phenoxy) is 2. The third-order valence-electron chi connectivity index (χ3n) is 9.13. The Labute approximate surface area is 292 Å². The van der Waals surface area contributed by atoms with Gasteiger partial charge in [0.15, 0.2) is 0 Å². The number of halogens is 4. The van der Waals surface area contributed by atoms with Crippen molar-refractivity contribution in [1.29, 1.82) is 0 Å². The first kappa shape index (κ1) is 38.0. The number of amides is 4. The second-order valence-corrected chi connectivity index (χ2v) is 14.5. The Morgan fingerprint density at radius 3 is 2.41 bits per heavy atom. The van der Waals surface area contributed by atoms with Gasteiger partial charge in [0.2, 0.25) is 17.6 Å². The highest BCUT2D eigenvalue weighted by molar-refractivity contribution is 6.38. The van der Waals surface area contributed by atoms with Gasteiger partial charge in [0.1, 0.15) is 29.6 Å². The third kappa shape index (κ3) is 9.16. The lowest BCUT2D eigenvalue weighted by atomic mass is 9.85. The van der Waals surface area contributed by atoms with Crippen LogP contribution in [0.3, 0.4) is 0 Å². The van der Waals surface area contributed by atoms with Crippen LogP contribution in [0.25, 0.3) is 5.70 Å². The van der Waals surface area contributed by atoms with Crippen molar-refractivity contribution in [3.8, 4) is 0 Å². The van der Waals surface area contributed by atoms with E-state index < -0.39 is 82.4 Å². The lowest BCUT2D eigenvalue weighted by Crippen LogP contribution is -2.59. The topological polar surface area (TPSA) is 164 Å². The molecule has 5 atom stereocenters. The molecule has 3 aliphatic heterocycles. The van der Waals surface area contributed by atoms with Crippen molar-refractivity contribution < 1.29 is 55.8 Å². The van der Waals surface area contributed by atoms with Gasteiger partial charge in [-0.1, -0.05) is 34.1 Å². The molecule has 3 fully saturated rings. The maximum atomic E-state index is 14.4. The fourth-order valence-electron chi connectivity index (χ4n) is 6.27. The minimum Gasteiger partial charge on any atom is -0.444 e. The molecule has 1 saturated carbocycles. The molecule has 0 aromatic heterocycles. The predicted octanol–water partition coefficient (Wildman–Crippen LogP) is 3.12. The maximum absolute atomic E-state index is 14.4. The first-order valence-corrected chi connectivity index (χ1v) is 16.9. The van der Waals surface area contributed by atoms with Crippen LogP contribution in [0.4, 0.5) is 22.4 Å². The van der Waals surface area contributed by atoms with Gasteiger partial charge < -0.3 is 30.3 Å². The van der Waals surface area contributed by atoms with Crippen molar-refractivity contribution in [2.45, 2.75) is 108 Å². The molecule has 280 valence electrons. The monoisotopic (exact) mass is 725 g/mol. The number of likely N-dealkylation sites (tertiary alicyclic amines) is 1. The number of ketones is 1. The van der Waals surface area contributed by atoms with Crippen LogP contribution in [0.2, 0.25) is 0 Å². The van der Waals surface area contributed by atoms with Crippen molar-refractivity contribution in [3.63, 3.8) is 0 Å². The number of hydroxylamine groups is 1. The molecular formula is C34H43F4N5O8. The number of alkyl carbamates (subject to hydrolysis) is 1. The molecule has 5 rings (SSSR count). The summed E-state index contributed by atoms with van der Waals surface area (Å²) in [5.41, 5.74) is -1.34. The molecule has 1 aliphatic carbocycles. The zero-order valence-electron chi connectivity index (χ0n) is 28.8. The Morgan fingerprint density at radius 1 is 1.08 bits per heavy atom. The van der Waals surface area contributed by atoms with E-state index in [1.807, 2.05) is 0 Å². The van der Waals surface area contributed by atoms with E-state index in [0.717, 1.165) is 29.9 Å². The lowest BCUT2D eigenvalue weighted by Gasteiger charge is -2.35. The second-order valence-electron chi connectivity index (χ2n) is 14.5. The average molecular weight is 726 g/mol. The van der Waals surface area contributed by atoms with E-state index in [4.69, 9.17) is 14.3 Å². The molecule has 51 heavy (non-hydrogen) atoms. The Hall–Kier alpha value is -4.25. The Morgan fingerprint density at radius 2 is 1.80 bits per heavy atom. The first-order chi connectivity index (χ1) is 23.9. The summed E-state index contributed by atoms with van der Waals surface area (Å²) in [4.78, 5) is 74.1. The number of alkyl halides is 3. The highest BCUT2D eigenvalue weighted by Gasteiger charge is 2.54. The van der Waals surface area contributed by atoms with E-state index in [1.165, 1.54) is 6.08 Å². The molecule has 4 N–H and O–H groups in total. The van der Waals surface area contributed by atoms with Crippen LogP contribution in [0.15, 0.2) is 24.3 Å². The number of benzene rings is 1. The van der Waals surface area contributed by atoms with E-state index in [1.54, 1.807) is 27.7 Å². The zero-order valence-corrected chi connectivity index (χ0v) is 28.8. The molecule has 0 bridgehead atoms. The van der Waals surface area contributed by atoms with Crippen molar-refractivity contribution in [2.75, 3.05) is 19.8 Å². The molecule has 0 radical (unpaired) electrons. The molecule has 0 unspecified atom stereocenters. The molecule has 4 aliphatic rings. The highest BCUT2D eigenvalue weighted by Crippen LogP contribution is 2.40. The molecule has 1 aromatic carbocycles. The average Bonchev–Trinajstić information content (AvgIpc) is 3.39. The van der Waals surface area contributed by atoms with Crippen LogP contribution in [-0.2, 0) is 39.7 Å². The molecule has 1 aromatic rings. The summed E-state index contributed by atoms with van der Waals surface area (Å²) in [6.07, 6.45) is -2.58. The van der Waals surface area contributed by atoms with Gasteiger partial charge in [-0.15, -0.1) is 0 Å². The first-order valence-electron chi connectivity index (χ1n) is 16.9. The minimum absolute atomic E-state index is 0.0305. The van der Waals surface area contributed by atoms with Crippen molar-refractivity contribution >= 4 is 35.3 Å². The van der Waals surface area contributed by atoms with Gasteiger partial charge in [-0.05, 0) is 49.0 Å². The van der Waals surface area contributed by atoms with Gasteiger partial charge in [0.25, 0.3) is 5.91 Å². The molecule has 17 heteroatoms. The summed E-state index contributed by atoms with van der Waals surface area (Å²) in [5.74, 6) is -4.32. The van der Waals surface area contributed by atoms with Crippen LogP contribution in [0, 0.1) is 11.2 Å². The lowest BCUT2D eigenvalue weighted by molar-refractivity contribution is -0.144. The van der Waals surface area contributed by atoms with Crippen molar-refractivity contribution in [2.24, 2.45) is 5.41 Å². The fourth-order valence-corrected chi connectivity index (χ4v) is 6.27. The molecule has 2 saturated heterocycles. The van der Waals surface area contributed by atoms with E-state index in [9.17, 15) is 41.5 Å². The Kier molecular flexibility index (Phi) is 11.0. The van der Waals surface area contributed by atoms with Gasteiger partial charge in [-0.25, -0.2) is 9.18 Å². The normalized spacial score (nSPS) is 24.4. The van der Waals surface area contributed by atoms with Crippen LogP contribution in [-0.4, -0.2) is 90.1 Å². The second kappa shape index (κ2) is 14.8. The van der Waals surface area contributed by atoms with Crippen molar-refractivity contribution in [1.82, 2.24) is 26.3 Å². The molecular weight excluding hydrogens is 682 g/mol. The van der Waals surface area contributed by atoms with Crippen LogP contribution >= 0.6 is 0 Å². The van der Waals surface area contributed by atoms with Gasteiger partial charge in [0.05, 0.1) is 37.1 Å². The number of carbonyl (C=O) groups is 5. The minimum atomic E-state index is -4.84. The van der Waals surface area contributed by atoms with Gasteiger partial charge in [-0.3, -0.25) is 29.5 Å². The van der Waals surface area contributed by atoms with E-state index in [0.29, 0.717) is 25.5 Å². The van der Waals surface area contributed by atoms with Crippen molar-refractivity contribution in [3.05, 3.63) is 41.2 Å². The summed E-state index contributed by atoms with van der Waals surface area (Å²) in [7, 11) is 0. The maximum Gasteiger partial charge on any atom is 0.416 e. The number of carbonyl (C=O) groups excluding carboxylic acids is 5. The smallest absolute Gasteiger partial charge is 0.416 e. The third-order valence-corrected chi connectivity index (χ3v) is 9.13. The summed E-state index contributed by atoms with van der Waals surface area (Å²) < 4.78 is 65.5.